The van der Waals surface area contributed by atoms with E-state index in [0.29, 0.717) is 5.92 Å². The van der Waals surface area contributed by atoms with Gasteiger partial charge in [-0.25, -0.2) is 0 Å². The molecule has 4 nitrogen and oxygen atoms in total. The van der Waals surface area contributed by atoms with Crippen molar-refractivity contribution in [1.82, 2.24) is 4.90 Å². The minimum Gasteiger partial charge on any atom is -0.493 e. The Kier molecular flexibility index (Phi) is 4.86. The molecule has 0 N–H and O–H groups in total. The number of fused-ring (bicyclic) bond motifs is 1. The van der Waals surface area contributed by atoms with Crippen molar-refractivity contribution in [3.8, 4) is 17.3 Å². The number of likely N-dealkylation sites (tertiary alicyclic amines) is 1. The van der Waals surface area contributed by atoms with Crippen molar-refractivity contribution < 1.29 is 13.6 Å². The van der Waals surface area contributed by atoms with E-state index in [1.165, 1.54) is 24.0 Å². The third-order valence-electron chi connectivity index (χ3n) is 5.97. The average molecular weight is 387 g/mol. The maximum absolute atomic E-state index is 6.10. The quantitative estimate of drug-likeness (QED) is 0.416. The molecule has 0 atom stereocenters. The molecular formula is C25H25NO3. The van der Waals surface area contributed by atoms with Crippen LogP contribution >= 0.6 is 0 Å². The molecule has 0 bridgehead atoms. The molecule has 1 saturated heterocycles. The summed E-state index contributed by atoms with van der Waals surface area (Å²) in [5.74, 6) is 2.89. The van der Waals surface area contributed by atoms with E-state index in [1.54, 1.807) is 13.4 Å². The number of methoxy groups -OCH3 is 1. The van der Waals surface area contributed by atoms with Gasteiger partial charge in [0.1, 0.15) is 0 Å². The average Bonchev–Trinajstić information content (AvgIpc) is 3.45. The Labute approximate surface area is 170 Å². The topological polar surface area (TPSA) is 38.8 Å². The van der Waals surface area contributed by atoms with Crippen LogP contribution in [0.2, 0.25) is 0 Å². The van der Waals surface area contributed by atoms with Crippen LogP contribution < -0.4 is 4.74 Å². The molecule has 0 aliphatic carbocycles. The summed E-state index contributed by atoms with van der Waals surface area (Å²) in [6, 6.07) is 20.9. The fourth-order valence-electron chi connectivity index (χ4n) is 4.38. The summed E-state index contributed by atoms with van der Waals surface area (Å²) in [6.07, 6.45) is 4.07. The van der Waals surface area contributed by atoms with Crippen molar-refractivity contribution in [3.05, 3.63) is 78.1 Å². The van der Waals surface area contributed by atoms with E-state index in [1.807, 2.05) is 18.2 Å². The molecule has 0 amide bonds. The first-order valence-corrected chi connectivity index (χ1v) is 10.2. The van der Waals surface area contributed by atoms with Crippen LogP contribution in [-0.2, 0) is 6.54 Å². The Bertz CT molecular complexity index is 1070. The van der Waals surface area contributed by atoms with Gasteiger partial charge in [-0.05, 0) is 67.2 Å². The van der Waals surface area contributed by atoms with Gasteiger partial charge in [0.2, 0.25) is 0 Å². The first-order valence-electron chi connectivity index (χ1n) is 10.2. The fourth-order valence-corrected chi connectivity index (χ4v) is 4.38. The summed E-state index contributed by atoms with van der Waals surface area (Å²) in [4.78, 5) is 2.54. The fraction of sp³-hybridized carbons (Fsp3) is 0.280. The van der Waals surface area contributed by atoms with Crippen LogP contribution in [0.15, 0.2) is 75.8 Å². The van der Waals surface area contributed by atoms with E-state index in [0.717, 1.165) is 47.9 Å². The Morgan fingerprint density at radius 3 is 2.52 bits per heavy atom. The molecule has 5 rings (SSSR count). The molecule has 2 aromatic carbocycles. The Morgan fingerprint density at radius 1 is 0.966 bits per heavy atom. The van der Waals surface area contributed by atoms with E-state index in [-0.39, 0.29) is 0 Å². The minimum absolute atomic E-state index is 0.669. The van der Waals surface area contributed by atoms with E-state index >= 15 is 0 Å². The van der Waals surface area contributed by atoms with Crippen LogP contribution in [0.3, 0.4) is 0 Å². The second kappa shape index (κ2) is 7.80. The van der Waals surface area contributed by atoms with Crippen molar-refractivity contribution in [2.24, 2.45) is 0 Å². The summed E-state index contributed by atoms with van der Waals surface area (Å²) >= 11 is 0. The molecule has 0 saturated carbocycles. The maximum Gasteiger partial charge on any atom is 0.177 e. The number of hydrogen-bond acceptors (Lipinski definition) is 4. The highest BCUT2D eigenvalue weighted by atomic mass is 16.5. The lowest BCUT2D eigenvalue weighted by Gasteiger charge is -2.32. The SMILES string of the molecule is COc1ccc(CN2CCC(c3ccccc3)CC2)c2cc(-c3ccco3)oc12. The van der Waals surface area contributed by atoms with Gasteiger partial charge in [-0.3, -0.25) is 4.90 Å². The Morgan fingerprint density at radius 2 is 1.79 bits per heavy atom. The zero-order chi connectivity index (χ0) is 19.6. The summed E-state index contributed by atoms with van der Waals surface area (Å²) in [7, 11) is 1.68. The summed E-state index contributed by atoms with van der Waals surface area (Å²) in [5, 5.41) is 1.10. The molecule has 1 aliphatic rings. The Balaban J connectivity index is 1.37. The third-order valence-corrected chi connectivity index (χ3v) is 5.97. The number of benzene rings is 2. The van der Waals surface area contributed by atoms with E-state index in [9.17, 15) is 0 Å². The first-order chi connectivity index (χ1) is 14.3. The summed E-state index contributed by atoms with van der Waals surface area (Å²) < 4.78 is 17.2. The highest BCUT2D eigenvalue weighted by Crippen LogP contribution is 2.37. The number of furan rings is 2. The van der Waals surface area contributed by atoms with Crippen molar-refractivity contribution in [3.63, 3.8) is 0 Å². The van der Waals surface area contributed by atoms with Crippen LogP contribution in [0.1, 0.15) is 29.9 Å². The van der Waals surface area contributed by atoms with Gasteiger partial charge >= 0.3 is 0 Å². The van der Waals surface area contributed by atoms with Crippen molar-refractivity contribution in [1.29, 1.82) is 0 Å². The van der Waals surface area contributed by atoms with Crippen LogP contribution in [0.4, 0.5) is 0 Å². The smallest absolute Gasteiger partial charge is 0.177 e. The second-order valence-corrected chi connectivity index (χ2v) is 7.72. The lowest BCUT2D eigenvalue weighted by atomic mass is 9.89. The van der Waals surface area contributed by atoms with Gasteiger partial charge in [-0.1, -0.05) is 36.4 Å². The largest absolute Gasteiger partial charge is 0.493 e. The predicted octanol–water partition coefficient (Wildman–Crippen LogP) is 6.08. The molecular weight excluding hydrogens is 362 g/mol. The van der Waals surface area contributed by atoms with Crippen LogP contribution in [0.25, 0.3) is 22.5 Å². The van der Waals surface area contributed by atoms with Gasteiger partial charge in [0.15, 0.2) is 22.9 Å². The van der Waals surface area contributed by atoms with Gasteiger partial charge in [0, 0.05) is 11.9 Å². The van der Waals surface area contributed by atoms with Gasteiger partial charge in [0.05, 0.1) is 13.4 Å². The van der Waals surface area contributed by atoms with Crippen LogP contribution in [-0.4, -0.2) is 25.1 Å². The van der Waals surface area contributed by atoms with Gasteiger partial charge in [0.25, 0.3) is 0 Å². The summed E-state index contributed by atoms with van der Waals surface area (Å²) in [5.41, 5.74) is 3.52. The standard InChI is InChI=1S/C25H25NO3/c1-27-23-10-9-20(21-16-24(29-25(21)23)22-8-5-15-28-22)17-26-13-11-19(12-14-26)18-6-3-2-4-7-18/h2-10,15-16,19H,11-14,17H2,1H3. The molecule has 3 heterocycles. The molecule has 0 radical (unpaired) electrons. The highest BCUT2D eigenvalue weighted by molar-refractivity contribution is 5.89. The molecule has 4 aromatic rings. The van der Waals surface area contributed by atoms with Crippen molar-refractivity contribution in [2.45, 2.75) is 25.3 Å². The molecule has 29 heavy (non-hydrogen) atoms. The Hall–Kier alpha value is -2.98. The second-order valence-electron chi connectivity index (χ2n) is 7.72. The number of rotatable bonds is 5. The van der Waals surface area contributed by atoms with E-state index in [4.69, 9.17) is 13.6 Å². The van der Waals surface area contributed by atoms with Gasteiger partial charge in [-0.15, -0.1) is 0 Å². The number of hydrogen-bond donors (Lipinski definition) is 0. The van der Waals surface area contributed by atoms with Gasteiger partial charge in [-0.2, -0.15) is 0 Å². The molecule has 0 spiro atoms. The van der Waals surface area contributed by atoms with E-state index < -0.39 is 0 Å². The van der Waals surface area contributed by atoms with E-state index in [2.05, 4.69) is 47.4 Å². The zero-order valence-corrected chi connectivity index (χ0v) is 16.6. The zero-order valence-electron chi connectivity index (χ0n) is 16.6. The number of nitrogens with zero attached hydrogens (tertiary/aromatic N) is 1. The molecule has 1 aliphatic heterocycles. The minimum atomic E-state index is 0.669. The molecule has 2 aromatic heterocycles. The molecule has 4 heteroatoms. The monoisotopic (exact) mass is 387 g/mol. The van der Waals surface area contributed by atoms with Crippen molar-refractivity contribution >= 4 is 11.0 Å². The maximum atomic E-state index is 6.10. The normalized spacial score (nSPS) is 15.8. The lowest BCUT2D eigenvalue weighted by Crippen LogP contribution is -2.32. The van der Waals surface area contributed by atoms with Gasteiger partial charge < -0.3 is 13.6 Å². The third kappa shape index (κ3) is 3.56. The molecule has 1 fully saturated rings. The van der Waals surface area contributed by atoms with Crippen molar-refractivity contribution in [2.75, 3.05) is 20.2 Å². The van der Waals surface area contributed by atoms with Crippen LogP contribution in [0, 0.1) is 0 Å². The van der Waals surface area contributed by atoms with Crippen LogP contribution in [0.5, 0.6) is 5.75 Å². The lowest BCUT2D eigenvalue weighted by molar-refractivity contribution is 0.205. The number of piperidine rings is 1. The molecule has 148 valence electrons. The first kappa shape index (κ1) is 18.1. The number of ether oxygens (including phenoxy) is 1. The molecule has 0 unspecified atom stereocenters. The highest BCUT2D eigenvalue weighted by Gasteiger charge is 2.22. The summed E-state index contributed by atoms with van der Waals surface area (Å²) in [6.45, 7) is 3.13. The predicted molar refractivity (Wildman–Crippen MR) is 114 cm³/mol.